The van der Waals surface area contributed by atoms with Gasteiger partial charge in [-0.2, -0.15) is 5.10 Å². The van der Waals surface area contributed by atoms with Crippen molar-refractivity contribution in [3.8, 4) is 0 Å². The normalized spacial score (nSPS) is 29.0. The molecule has 0 spiro atoms. The molecule has 5 heteroatoms. The number of nitrogens with zero attached hydrogens (tertiary/aromatic N) is 2. The van der Waals surface area contributed by atoms with Crippen LogP contribution in [0.3, 0.4) is 0 Å². The number of hydrogen-bond donors (Lipinski definition) is 0. The van der Waals surface area contributed by atoms with E-state index in [-0.39, 0.29) is 18.8 Å². The first kappa shape index (κ1) is 15.1. The van der Waals surface area contributed by atoms with Crippen molar-refractivity contribution in [1.29, 1.82) is 0 Å². The molecule has 124 valence electrons. The molecule has 23 heavy (non-hydrogen) atoms. The van der Waals surface area contributed by atoms with Crippen LogP contribution in [0.25, 0.3) is 10.9 Å². The Balaban J connectivity index is 1.75. The second-order valence-corrected chi connectivity index (χ2v) is 6.66. The number of hydrogen-bond acceptors (Lipinski definition) is 3. The lowest BCUT2D eigenvalue weighted by Crippen LogP contribution is -2.27. The largest absolute Gasteiger partial charge is 0.378 e. The fourth-order valence-corrected chi connectivity index (χ4v) is 3.82. The molecule has 1 aromatic carbocycles. The van der Waals surface area contributed by atoms with Crippen molar-refractivity contribution in [2.45, 2.75) is 50.9 Å². The lowest BCUT2D eigenvalue weighted by Gasteiger charge is -2.28. The number of alkyl halides is 1. The Bertz CT molecular complexity index is 694. The first-order valence-electron chi connectivity index (χ1n) is 8.55. The summed E-state index contributed by atoms with van der Waals surface area (Å²) in [7, 11) is 0. The highest BCUT2D eigenvalue weighted by atomic mass is 19.1. The minimum Gasteiger partial charge on any atom is -0.378 e. The van der Waals surface area contributed by atoms with E-state index in [1.807, 2.05) is 10.9 Å². The van der Waals surface area contributed by atoms with Crippen LogP contribution in [0.5, 0.6) is 0 Å². The molecular formula is C18H23FN2O2. The topological polar surface area (TPSA) is 36.3 Å². The minimum atomic E-state index is -0.929. The lowest BCUT2D eigenvalue weighted by atomic mass is 9.87. The summed E-state index contributed by atoms with van der Waals surface area (Å²) in [6.45, 7) is 3.68. The molecule has 0 bridgehead atoms. The van der Waals surface area contributed by atoms with Crippen LogP contribution in [-0.4, -0.2) is 35.8 Å². The first-order chi connectivity index (χ1) is 11.2. The van der Waals surface area contributed by atoms with Crippen LogP contribution in [0.1, 0.15) is 49.0 Å². The predicted molar refractivity (Wildman–Crippen MR) is 86.4 cm³/mol. The van der Waals surface area contributed by atoms with Gasteiger partial charge in [0.25, 0.3) is 0 Å². The van der Waals surface area contributed by atoms with Gasteiger partial charge in [-0.1, -0.05) is 0 Å². The second kappa shape index (κ2) is 6.21. The Hall–Kier alpha value is -1.46. The summed E-state index contributed by atoms with van der Waals surface area (Å²) in [4.78, 5) is 0. The highest BCUT2D eigenvalue weighted by molar-refractivity contribution is 5.80. The van der Waals surface area contributed by atoms with E-state index in [9.17, 15) is 4.39 Å². The molecule has 2 fully saturated rings. The Morgan fingerprint density at radius 1 is 1.22 bits per heavy atom. The predicted octanol–water partition coefficient (Wildman–Crippen LogP) is 3.89. The SMILES string of the molecule is Cc1cc2cnn(C3CCCCO3)c2cc1C1CCOCC1F. The van der Waals surface area contributed by atoms with Crippen molar-refractivity contribution in [3.05, 3.63) is 29.5 Å². The molecule has 2 saturated heterocycles. The number of benzene rings is 1. The summed E-state index contributed by atoms with van der Waals surface area (Å²) in [6, 6.07) is 4.25. The molecule has 0 amide bonds. The number of aryl methyl sites for hydroxylation is 1. The van der Waals surface area contributed by atoms with E-state index >= 15 is 0 Å². The smallest absolute Gasteiger partial charge is 0.150 e. The third-order valence-corrected chi connectivity index (χ3v) is 5.10. The molecule has 2 aliphatic heterocycles. The first-order valence-corrected chi connectivity index (χ1v) is 8.55. The van der Waals surface area contributed by atoms with Gasteiger partial charge in [-0.3, -0.25) is 0 Å². The number of rotatable bonds is 2. The fraction of sp³-hybridized carbons (Fsp3) is 0.611. The molecular weight excluding hydrogens is 295 g/mol. The molecule has 3 atom stereocenters. The maximum Gasteiger partial charge on any atom is 0.150 e. The van der Waals surface area contributed by atoms with Gasteiger partial charge in [-0.05, 0) is 55.9 Å². The number of fused-ring (bicyclic) bond motifs is 1. The summed E-state index contributed by atoms with van der Waals surface area (Å²) in [5, 5.41) is 5.64. The van der Waals surface area contributed by atoms with Gasteiger partial charge in [-0.15, -0.1) is 0 Å². The van der Waals surface area contributed by atoms with Gasteiger partial charge in [0.1, 0.15) is 6.17 Å². The van der Waals surface area contributed by atoms with Crippen LogP contribution in [0.4, 0.5) is 4.39 Å². The third kappa shape index (κ3) is 2.76. The molecule has 2 aliphatic rings. The molecule has 0 aliphatic carbocycles. The van der Waals surface area contributed by atoms with E-state index in [2.05, 4.69) is 24.2 Å². The number of aromatic nitrogens is 2. The summed E-state index contributed by atoms with van der Waals surface area (Å²) >= 11 is 0. The maximum absolute atomic E-state index is 14.3. The van der Waals surface area contributed by atoms with Crippen LogP contribution < -0.4 is 0 Å². The Kier molecular flexibility index (Phi) is 4.07. The minimum absolute atomic E-state index is 0.00710. The average molecular weight is 318 g/mol. The van der Waals surface area contributed by atoms with E-state index in [0.717, 1.165) is 54.3 Å². The van der Waals surface area contributed by atoms with Crippen molar-refractivity contribution in [2.75, 3.05) is 19.8 Å². The van der Waals surface area contributed by atoms with E-state index in [1.54, 1.807) is 0 Å². The summed E-state index contributed by atoms with van der Waals surface area (Å²) < 4.78 is 27.4. The Morgan fingerprint density at radius 2 is 2.13 bits per heavy atom. The zero-order valence-corrected chi connectivity index (χ0v) is 13.5. The van der Waals surface area contributed by atoms with Crippen molar-refractivity contribution in [1.82, 2.24) is 9.78 Å². The van der Waals surface area contributed by atoms with Crippen molar-refractivity contribution < 1.29 is 13.9 Å². The van der Waals surface area contributed by atoms with Gasteiger partial charge >= 0.3 is 0 Å². The fourth-order valence-electron chi connectivity index (χ4n) is 3.82. The van der Waals surface area contributed by atoms with E-state index in [0.29, 0.717) is 6.61 Å². The summed E-state index contributed by atoms with van der Waals surface area (Å²) in [5.74, 6) is -0.0798. The van der Waals surface area contributed by atoms with E-state index in [4.69, 9.17) is 9.47 Å². The molecule has 4 nitrogen and oxygen atoms in total. The van der Waals surface area contributed by atoms with E-state index < -0.39 is 6.17 Å². The van der Waals surface area contributed by atoms with Crippen LogP contribution in [0.2, 0.25) is 0 Å². The third-order valence-electron chi connectivity index (χ3n) is 5.10. The molecule has 2 aromatic rings. The lowest BCUT2D eigenvalue weighted by molar-refractivity contribution is -0.0366. The van der Waals surface area contributed by atoms with Crippen LogP contribution >= 0.6 is 0 Å². The number of ether oxygens (including phenoxy) is 2. The van der Waals surface area contributed by atoms with Crippen LogP contribution in [0.15, 0.2) is 18.3 Å². The average Bonchev–Trinajstić information content (AvgIpc) is 2.98. The highest BCUT2D eigenvalue weighted by Gasteiger charge is 2.29. The van der Waals surface area contributed by atoms with Gasteiger partial charge in [-0.25, -0.2) is 9.07 Å². The monoisotopic (exact) mass is 318 g/mol. The van der Waals surface area contributed by atoms with E-state index in [1.165, 1.54) is 0 Å². The molecule has 0 N–H and O–H groups in total. The van der Waals surface area contributed by atoms with Crippen LogP contribution in [0, 0.1) is 6.92 Å². The van der Waals surface area contributed by atoms with Crippen molar-refractivity contribution >= 4 is 10.9 Å². The zero-order valence-electron chi connectivity index (χ0n) is 13.5. The Morgan fingerprint density at radius 3 is 2.91 bits per heavy atom. The highest BCUT2D eigenvalue weighted by Crippen LogP contribution is 2.35. The molecule has 4 rings (SSSR count). The molecule has 3 unspecified atom stereocenters. The van der Waals surface area contributed by atoms with Crippen LogP contribution in [-0.2, 0) is 9.47 Å². The van der Waals surface area contributed by atoms with Crippen molar-refractivity contribution in [2.24, 2.45) is 0 Å². The summed E-state index contributed by atoms with van der Waals surface area (Å²) in [5.41, 5.74) is 3.28. The van der Waals surface area contributed by atoms with Gasteiger partial charge < -0.3 is 9.47 Å². The van der Waals surface area contributed by atoms with Gasteiger partial charge in [0, 0.05) is 24.5 Å². The van der Waals surface area contributed by atoms with Crippen molar-refractivity contribution in [3.63, 3.8) is 0 Å². The van der Waals surface area contributed by atoms with Gasteiger partial charge in [0.2, 0.25) is 0 Å². The second-order valence-electron chi connectivity index (χ2n) is 6.66. The molecule has 0 saturated carbocycles. The zero-order chi connectivity index (χ0) is 15.8. The van der Waals surface area contributed by atoms with Gasteiger partial charge in [0.15, 0.2) is 6.23 Å². The Labute approximate surface area is 135 Å². The quantitative estimate of drug-likeness (QED) is 0.843. The number of halogens is 1. The molecule has 3 heterocycles. The summed E-state index contributed by atoms with van der Waals surface area (Å²) in [6.07, 6.45) is 4.98. The maximum atomic E-state index is 14.3. The molecule has 1 aromatic heterocycles. The van der Waals surface area contributed by atoms with Gasteiger partial charge in [0.05, 0.1) is 18.3 Å². The standard InChI is InChI=1S/C18H23FN2O2/c1-12-8-13-10-20-21(18-4-2-3-6-23-18)17(13)9-15(12)14-5-7-22-11-16(14)19/h8-10,14,16,18H,2-7,11H2,1H3. The molecule has 0 radical (unpaired) electrons.